The molecule has 20 heavy (non-hydrogen) atoms. The molecule has 2 nitrogen and oxygen atoms in total. The number of fused-ring (bicyclic) bond motifs is 1. The van der Waals surface area contributed by atoms with E-state index in [1.165, 1.54) is 0 Å². The fraction of sp³-hybridized carbons (Fsp3) is 0.471. The van der Waals surface area contributed by atoms with Crippen molar-refractivity contribution in [2.45, 2.75) is 51.6 Å². The van der Waals surface area contributed by atoms with E-state index in [1.54, 1.807) is 6.08 Å². The minimum atomic E-state index is -0.189. The van der Waals surface area contributed by atoms with Crippen LogP contribution in [0.2, 0.25) is 5.02 Å². The van der Waals surface area contributed by atoms with Crippen molar-refractivity contribution in [3.05, 3.63) is 39.9 Å². The Kier molecular flexibility index (Phi) is 3.17. The van der Waals surface area contributed by atoms with Crippen LogP contribution in [0.4, 0.5) is 0 Å². The number of hydrogen-bond donors (Lipinski definition) is 0. The summed E-state index contributed by atoms with van der Waals surface area (Å²) in [4.78, 5) is 11.8. The molecule has 0 saturated carbocycles. The first kappa shape index (κ1) is 13.7. The molecule has 0 fully saturated rings. The summed E-state index contributed by atoms with van der Waals surface area (Å²) in [6.45, 7) is 6.18. The molecule has 1 aliphatic carbocycles. The van der Waals surface area contributed by atoms with Gasteiger partial charge in [0.25, 0.3) is 0 Å². The number of halogens is 1. The van der Waals surface area contributed by atoms with Gasteiger partial charge in [0.15, 0.2) is 5.78 Å². The van der Waals surface area contributed by atoms with Crippen molar-refractivity contribution in [3.8, 4) is 5.75 Å². The number of carbonyl (C=O) groups is 1. The molecular formula is C17H19ClO2. The van der Waals surface area contributed by atoms with Gasteiger partial charge in [-0.3, -0.25) is 4.79 Å². The van der Waals surface area contributed by atoms with E-state index in [1.807, 2.05) is 19.1 Å². The Morgan fingerprint density at radius 3 is 2.75 bits per heavy atom. The summed E-state index contributed by atoms with van der Waals surface area (Å²) in [5.41, 5.74) is 3.21. The molecule has 1 aliphatic heterocycles. The Morgan fingerprint density at radius 2 is 2.05 bits per heavy atom. The molecule has 1 heterocycles. The predicted octanol–water partition coefficient (Wildman–Crippen LogP) is 4.45. The topological polar surface area (TPSA) is 26.3 Å². The fourth-order valence-electron chi connectivity index (χ4n) is 3.32. The summed E-state index contributed by atoms with van der Waals surface area (Å²) in [6.07, 6.45) is 4.08. The van der Waals surface area contributed by atoms with Crippen LogP contribution in [0.25, 0.3) is 0 Å². The van der Waals surface area contributed by atoms with Gasteiger partial charge in [-0.2, -0.15) is 0 Å². The SMILES string of the molecule is CC1=CC(=O)CC(c2cc(Cl)cc3c2OC(C)(C)C3)C1. The van der Waals surface area contributed by atoms with E-state index in [0.29, 0.717) is 6.42 Å². The zero-order valence-electron chi connectivity index (χ0n) is 12.1. The Bertz CT molecular complexity index is 614. The number of allylic oxidation sites excluding steroid dienone is 2. The molecule has 1 aromatic rings. The van der Waals surface area contributed by atoms with Gasteiger partial charge in [0.2, 0.25) is 0 Å². The maximum atomic E-state index is 11.8. The van der Waals surface area contributed by atoms with Crippen LogP contribution in [0.3, 0.4) is 0 Å². The van der Waals surface area contributed by atoms with E-state index >= 15 is 0 Å². The molecule has 2 aliphatic rings. The Morgan fingerprint density at radius 1 is 1.30 bits per heavy atom. The van der Waals surface area contributed by atoms with Crippen molar-refractivity contribution in [3.63, 3.8) is 0 Å². The lowest BCUT2D eigenvalue weighted by molar-refractivity contribution is -0.115. The third kappa shape index (κ3) is 2.49. The van der Waals surface area contributed by atoms with E-state index in [4.69, 9.17) is 16.3 Å². The van der Waals surface area contributed by atoms with Crippen molar-refractivity contribution in [2.75, 3.05) is 0 Å². The van der Waals surface area contributed by atoms with Gasteiger partial charge >= 0.3 is 0 Å². The number of carbonyl (C=O) groups excluding carboxylic acids is 1. The largest absolute Gasteiger partial charge is 0.487 e. The maximum Gasteiger partial charge on any atom is 0.156 e. The highest BCUT2D eigenvalue weighted by molar-refractivity contribution is 6.30. The second kappa shape index (κ2) is 4.63. The molecule has 3 rings (SSSR count). The average molecular weight is 291 g/mol. The second-order valence-corrected chi connectivity index (χ2v) is 7.02. The quantitative estimate of drug-likeness (QED) is 0.764. The minimum absolute atomic E-state index is 0.189. The van der Waals surface area contributed by atoms with Crippen LogP contribution in [0.1, 0.15) is 50.7 Å². The van der Waals surface area contributed by atoms with Crippen LogP contribution in [0.15, 0.2) is 23.8 Å². The maximum absolute atomic E-state index is 11.8. The van der Waals surface area contributed by atoms with E-state index in [2.05, 4.69) is 13.8 Å². The molecule has 0 bridgehead atoms. The molecule has 0 N–H and O–H groups in total. The Hall–Kier alpha value is -1.28. The molecule has 0 amide bonds. The number of ether oxygens (including phenoxy) is 1. The summed E-state index contributed by atoms with van der Waals surface area (Å²) in [6, 6.07) is 3.96. The molecule has 0 aromatic heterocycles. The van der Waals surface area contributed by atoms with Crippen molar-refractivity contribution >= 4 is 17.4 Å². The van der Waals surface area contributed by atoms with E-state index in [0.717, 1.165) is 40.3 Å². The predicted molar refractivity (Wildman–Crippen MR) is 80.6 cm³/mol. The van der Waals surface area contributed by atoms with Crippen LogP contribution >= 0.6 is 11.6 Å². The monoisotopic (exact) mass is 290 g/mol. The van der Waals surface area contributed by atoms with E-state index in [9.17, 15) is 4.79 Å². The average Bonchev–Trinajstić information content (AvgIpc) is 2.60. The van der Waals surface area contributed by atoms with E-state index in [-0.39, 0.29) is 17.3 Å². The molecule has 3 heteroatoms. The van der Waals surface area contributed by atoms with Crippen LogP contribution in [0.5, 0.6) is 5.75 Å². The lowest BCUT2D eigenvalue weighted by Gasteiger charge is -2.24. The summed E-state index contributed by atoms with van der Waals surface area (Å²) in [5, 5.41) is 0.736. The highest BCUT2D eigenvalue weighted by Crippen LogP contribution is 2.45. The van der Waals surface area contributed by atoms with Gasteiger partial charge in [0.05, 0.1) is 0 Å². The van der Waals surface area contributed by atoms with Gasteiger partial charge in [-0.25, -0.2) is 0 Å². The summed E-state index contributed by atoms with van der Waals surface area (Å²) < 4.78 is 6.11. The summed E-state index contributed by atoms with van der Waals surface area (Å²) >= 11 is 6.26. The molecule has 1 atom stereocenters. The Balaban J connectivity index is 2.04. The first-order valence-electron chi connectivity index (χ1n) is 7.05. The molecule has 1 unspecified atom stereocenters. The lowest BCUT2D eigenvalue weighted by atomic mass is 9.82. The standard InChI is InChI=1S/C17H19ClO2/c1-10-4-11(7-14(19)5-10)15-8-13(18)6-12-9-17(2,3)20-16(12)15/h5-6,8,11H,4,7,9H2,1-3H3. The second-order valence-electron chi connectivity index (χ2n) is 6.58. The number of benzene rings is 1. The molecule has 1 aromatic carbocycles. The molecular weight excluding hydrogens is 272 g/mol. The zero-order chi connectivity index (χ0) is 14.5. The van der Waals surface area contributed by atoms with Crippen molar-refractivity contribution in [1.29, 1.82) is 0 Å². The number of ketones is 1. The summed E-state index contributed by atoms with van der Waals surface area (Å²) in [5.74, 6) is 1.34. The van der Waals surface area contributed by atoms with Gasteiger partial charge in [0.1, 0.15) is 11.4 Å². The van der Waals surface area contributed by atoms with Gasteiger partial charge in [0, 0.05) is 17.9 Å². The first-order valence-corrected chi connectivity index (χ1v) is 7.43. The number of hydrogen-bond acceptors (Lipinski definition) is 2. The molecule has 0 saturated heterocycles. The van der Waals surface area contributed by atoms with Gasteiger partial charge in [-0.05, 0) is 62.4 Å². The Labute approximate surface area is 124 Å². The zero-order valence-corrected chi connectivity index (χ0v) is 12.9. The van der Waals surface area contributed by atoms with Crippen molar-refractivity contribution in [2.24, 2.45) is 0 Å². The number of rotatable bonds is 1. The van der Waals surface area contributed by atoms with Crippen molar-refractivity contribution in [1.82, 2.24) is 0 Å². The van der Waals surface area contributed by atoms with Crippen LogP contribution < -0.4 is 4.74 Å². The summed E-state index contributed by atoms with van der Waals surface area (Å²) in [7, 11) is 0. The lowest BCUT2D eigenvalue weighted by Crippen LogP contribution is -2.25. The van der Waals surface area contributed by atoms with Gasteiger partial charge in [-0.15, -0.1) is 0 Å². The van der Waals surface area contributed by atoms with Crippen LogP contribution in [-0.4, -0.2) is 11.4 Å². The normalized spacial score (nSPS) is 24.1. The van der Waals surface area contributed by atoms with Gasteiger partial charge < -0.3 is 4.74 Å². The molecule has 106 valence electrons. The third-order valence-corrected chi connectivity index (χ3v) is 4.24. The fourth-order valence-corrected chi connectivity index (χ4v) is 3.57. The van der Waals surface area contributed by atoms with Gasteiger partial charge in [-0.1, -0.05) is 17.2 Å². The van der Waals surface area contributed by atoms with E-state index < -0.39 is 0 Å². The van der Waals surface area contributed by atoms with Crippen LogP contribution in [0, 0.1) is 0 Å². The molecule has 0 spiro atoms. The smallest absolute Gasteiger partial charge is 0.156 e. The highest BCUT2D eigenvalue weighted by Gasteiger charge is 2.34. The third-order valence-electron chi connectivity index (χ3n) is 4.02. The minimum Gasteiger partial charge on any atom is -0.487 e. The van der Waals surface area contributed by atoms with Crippen LogP contribution in [-0.2, 0) is 11.2 Å². The molecule has 0 radical (unpaired) electrons. The van der Waals surface area contributed by atoms with Crippen molar-refractivity contribution < 1.29 is 9.53 Å². The first-order chi connectivity index (χ1) is 9.34. The highest BCUT2D eigenvalue weighted by atomic mass is 35.5.